The predicted octanol–water partition coefficient (Wildman–Crippen LogP) is 3.39. The molecule has 2 rings (SSSR count). The Balaban J connectivity index is 2.32. The zero-order valence-electron chi connectivity index (χ0n) is 12.2. The van der Waals surface area contributed by atoms with Gasteiger partial charge >= 0.3 is 0 Å². The van der Waals surface area contributed by atoms with Gasteiger partial charge in [0.25, 0.3) is 5.91 Å². The van der Waals surface area contributed by atoms with E-state index < -0.39 is 0 Å². The van der Waals surface area contributed by atoms with Crippen molar-refractivity contribution in [3.8, 4) is 0 Å². The first-order valence-electron chi connectivity index (χ1n) is 6.99. The summed E-state index contributed by atoms with van der Waals surface area (Å²) in [6.07, 6.45) is 4.53. The van der Waals surface area contributed by atoms with E-state index in [9.17, 15) is 4.79 Å². The van der Waals surface area contributed by atoms with E-state index in [0.717, 1.165) is 23.1 Å². The molecular formula is C15H21N3OS. The van der Waals surface area contributed by atoms with Crippen LogP contribution in [0.4, 0.5) is 5.69 Å². The lowest BCUT2D eigenvalue weighted by molar-refractivity contribution is 0.0747. The van der Waals surface area contributed by atoms with E-state index in [1.165, 1.54) is 11.3 Å². The second kappa shape index (κ2) is 6.22. The third kappa shape index (κ3) is 2.77. The minimum atomic E-state index is 0.0338. The van der Waals surface area contributed by atoms with Gasteiger partial charge in [0.2, 0.25) is 0 Å². The van der Waals surface area contributed by atoms with Gasteiger partial charge in [0.1, 0.15) is 4.88 Å². The van der Waals surface area contributed by atoms with Crippen molar-refractivity contribution in [3.05, 3.63) is 23.3 Å². The molecule has 2 N–H and O–H groups in total. The number of nitrogen functional groups attached to an aromatic ring is 1. The third-order valence-corrected chi connectivity index (χ3v) is 4.77. The molecule has 2 aromatic rings. The molecular weight excluding hydrogens is 270 g/mol. The SMILES string of the molecule is CCC(C)CN(CC)C(=O)c1sc2cnccc2c1N. The van der Waals surface area contributed by atoms with Gasteiger partial charge in [0.05, 0.1) is 10.4 Å². The fourth-order valence-electron chi connectivity index (χ4n) is 2.13. The maximum absolute atomic E-state index is 12.7. The summed E-state index contributed by atoms with van der Waals surface area (Å²) < 4.78 is 0.966. The molecule has 1 atom stereocenters. The molecule has 0 aromatic carbocycles. The van der Waals surface area contributed by atoms with Gasteiger partial charge in [0, 0.05) is 30.9 Å². The summed E-state index contributed by atoms with van der Waals surface area (Å²) in [5.41, 5.74) is 6.71. The molecule has 0 saturated heterocycles. The van der Waals surface area contributed by atoms with Crippen molar-refractivity contribution in [2.75, 3.05) is 18.8 Å². The Hall–Kier alpha value is -1.62. The van der Waals surface area contributed by atoms with E-state index in [1.54, 1.807) is 12.4 Å². The van der Waals surface area contributed by atoms with Gasteiger partial charge in [-0.25, -0.2) is 0 Å². The van der Waals surface area contributed by atoms with Crippen LogP contribution < -0.4 is 5.73 Å². The number of amides is 1. The number of fused-ring (bicyclic) bond motifs is 1. The van der Waals surface area contributed by atoms with Crippen LogP contribution in [0.5, 0.6) is 0 Å². The van der Waals surface area contributed by atoms with Crippen molar-refractivity contribution < 1.29 is 4.79 Å². The summed E-state index contributed by atoms with van der Waals surface area (Å²) in [5, 5.41) is 0.924. The Morgan fingerprint density at radius 2 is 2.25 bits per heavy atom. The molecule has 0 bridgehead atoms. The lowest BCUT2D eigenvalue weighted by Gasteiger charge is -2.23. The van der Waals surface area contributed by atoms with Crippen molar-refractivity contribution in [1.82, 2.24) is 9.88 Å². The fourth-order valence-corrected chi connectivity index (χ4v) is 3.19. The molecule has 5 heteroatoms. The summed E-state index contributed by atoms with van der Waals surface area (Å²) in [7, 11) is 0. The first-order valence-corrected chi connectivity index (χ1v) is 7.81. The van der Waals surface area contributed by atoms with Crippen LogP contribution >= 0.6 is 11.3 Å². The molecule has 0 saturated carbocycles. The Bertz CT molecular complexity index is 608. The molecule has 0 aliphatic heterocycles. The van der Waals surface area contributed by atoms with Crippen LogP contribution in [-0.4, -0.2) is 28.9 Å². The number of carbonyl (C=O) groups is 1. The van der Waals surface area contributed by atoms with E-state index in [2.05, 4.69) is 18.8 Å². The molecule has 1 amide bonds. The number of aromatic nitrogens is 1. The highest BCUT2D eigenvalue weighted by Crippen LogP contribution is 2.33. The monoisotopic (exact) mass is 291 g/mol. The van der Waals surface area contributed by atoms with E-state index >= 15 is 0 Å². The average Bonchev–Trinajstić information content (AvgIpc) is 2.81. The van der Waals surface area contributed by atoms with E-state index in [1.807, 2.05) is 17.9 Å². The maximum Gasteiger partial charge on any atom is 0.266 e. The van der Waals surface area contributed by atoms with Crippen LogP contribution in [0.3, 0.4) is 0 Å². The maximum atomic E-state index is 12.7. The second-order valence-electron chi connectivity index (χ2n) is 5.07. The Morgan fingerprint density at radius 1 is 1.50 bits per heavy atom. The standard InChI is InChI=1S/C15H21N3OS/c1-4-10(3)9-18(5-2)15(19)14-13(16)11-6-7-17-8-12(11)20-14/h6-8,10H,4-5,9,16H2,1-3H3. The number of nitrogens with two attached hydrogens (primary N) is 1. The third-order valence-electron chi connectivity index (χ3n) is 3.62. The molecule has 1 unspecified atom stereocenters. The Labute approximate surface area is 123 Å². The zero-order chi connectivity index (χ0) is 14.7. The Morgan fingerprint density at radius 3 is 2.85 bits per heavy atom. The fraction of sp³-hybridized carbons (Fsp3) is 0.467. The number of pyridine rings is 1. The van der Waals surface area contributed by atoms with Crippen LogP contribution in [-0.2, 0) is 0 Å². The number of thiophene rings is 1. The zero-order valence-corrected chi connectivity index (χ0v) is 13.0. The van der Waals surface area contributed by atoms with Crippen LogP contribution in [0.2, 0.25) is 0 Å². The largest absolute Gasteiger partial charge is 0.397 e. The van der Waals surface area contributed by atoms with E-state index in [0.29, 0.717) is 23.0 Å². The number of rotatable bonds is 5. The molecule has 0 aliphatic rings. The lowest BCUT2D eigenvalue weighted by Crippen LogP contribution is -2.34. The van der Waals surface area contributed by atoms with Crippen molar-refractivity contribution in [1.29, 1.82) is 0 Å². The predicted molar refractivity (Wildman–Crippen MR) is 85.1 cm³/mol. The molecule has 108 valence electrons. The minimum Gasteiger partial charge on any atom is -0.397 e. The number of hydrogen-bond acceptors (Lipinski definition) is 4. The first-order chi connectivity index (χ1) is 9.58. The summed E-state index contributed by atoms with van der Waals surface area (Å²) in [5.74, 6) is 0.530. The highest BCUT2D eigenvalue weighted by Gasteiger charge is 2.22. The van der Waals surface area contributed by atoms with Crippen LogP contribution in [0.15, 0.2) is 18.5 Å². The van der Waals surface area contributed by atoms with Crippen molar-refractivity contribution in [3.63, 3.8) is 0 Å². The molecule has 0 fully saturated rings. The van der Waals surface area contributed by atoms with Crippen molar-refractivity contribution >= 4 is 33.0 Å². The molecule has 4 nitrogen and oxygen atoms in total. The highest BCUT2D eigenvalue weighted by atomic mass is 32.1. The van der Waals surface area contributed by atoms with Crippen LogP contribution in [0.25, 0.3) is 10.1 Å². The van der Waals surface area contributed by atoms with Gasteiger partial charge < -0.3 is 10.6 Å². The molecule has 20 heavy (non-hydrogen) atoms. The highest BCUT2D eigenvalue weighted by molar-refractivity contribution is 7.21. The number of hydrogen-bond donors (Lipinski definition) is 1. The average molecular weight is 291 g/mol. The number of nitrogens with zero attached hydrogens (tertiary/aromatic N) is 2. The summed E-state index contributed by atoms with van der Waals surface area (Å²) in [6.45, 7) is 7.79. The summed E-state index contributed by atoms with van der Waals surface area (Å²) in [6, 6.07) is 1.86. The molecule has 2 heterocycles. The van der Waals surface area contributed by atoms with Gasteiger partial charge in [-0.1, -0.05) is 20.3 Å². The minimum absolute atomic E-state index is 0.0338. The summed E-state index contributed by atoms with van der Waals surface area (Å²) in [4.78, 5) is 19.3. The number of carbonyl (C=O) groups excluding carboxylic acids is 1. The van der Waals surface area contributed by atoms with Gasteiger partial charge in [-0.3, -0.25) is 9.78 Å². The Kier molecular flexibility index (Phi) is 4.60. The molecule has 0 radical (unpaired) electrons. The smallest absolute Gasteiger partial charge is 0.266 e. The summed E-state index contributed by atoms with van der Waals surface area (Å²) >= 11 is 1.43. The van der Waals surface area contributed by atoms with Gasteiger partial charge in [-0.05, 0) is 18.9 Å². The van der Waals surface area contributed by atoms with Crippen molar-refractivity contribution in [2.45, 2.75) is 27.2 Å². The number of anilines is 1. The topological polar surface area (TPSA) is 59.2 Å². The molecule has 0 aliphatic carbocycles. The molecule has 2 aromatic heterocycles. The normalized spacial score (nSPS) is 12.6. The molecule has 0 spiro atoms. The van der Waals surface area contributed by atoms with Gasteiger partial charge in [-0.2, -0.15) is 0 Å². The van der Waals surface area contributed by atoms with Gasteiger partial charge in [-0.15, -0.1) is 11.3 Å². The van der Waals surface area contributed by atoms with E-state index in [4.69, 9.17) is 5.73 Å². The van der Waals surface area contributed by atoms with Crippen molar-refractivity contribution in [2.24, 2.45) is 5.92 Å². The quantitative estimate of drug-likeness (QED) is 0.918. The first kappa shape index (κ1) is 14.8. The van der Waals surface area contributed by atoms with Crippen LogP contribution in [0.1, 0.15) is 36.9 Å². The van der Waals surface area contributed by atoms with Crippen LogP contribution in [0, 0.1) is 5.92 Å². The lowest BCUT2D eigenvalue weighted by atomic mass is 10.1. The van der Waals surface area contributed by atoms with Gasteiger partial charge in [0.15, 0.2) is 0 Å². The second-order valence-corrected chi connectivity index (χ2v) is 6.13. The van der Waals surface area contributed by atoms with E-state index in [-0.39, 0.29) is 5.91 Å².